The normalized spacial score (nSPS) is 29.9. The van der Waals surface area contributed by atoms with Gasteiger partial charge in [-0.05, 0) is 61.5 Å². The summed E-state index contributed by atoms with van der Waals surface area (Å²) in [5.41, 5.74) is 0.0571. The molecule has 0 radical (unpaired) electrons. The topological polar surface area (TPSA) is 76.7 Å². The molecule has 0 aromatic heterocycles. The lowest BCUT2D eigenvalue weighted by atomic mass is 9.43. The molecule has 3 aliphatic carbocycles. The molecule has 2 bridgehead atoms. The third-order valence-corrected chi connectivity index (χ3v) is 9.07. The molecule has 6 nitrogen and oxygen atoms in total. The van der Waals surface area contributed by atoms with Crippen molar-refractivity contribution in [3.8, 4) is 0 Å². The van der Waals surface area contributed by atoms with E-state index >= 15 is 0 Å². The summed E-state index contributed by atoms with van der Waals surface area (Å²) in [5, 5.41) is 6.25. The van der Waals surface area contributed by atoms with Gasteiger partial charge < -0.3 is 19.9 Å². The van der Waals surface area contributed by atoms with E-state index in [0.29, 0.717) is 24.2 Å². The third-order valence-electron chi connectivity index (χ3n) is 8.03. The van der Waals surface area contributed by atoms with Crippen LogP contribution in [0.5, 0.6) is 0 Å². The molecule has 5 atom stereocenters. The van der Waals surface area contributed by atoms with E-state index in [1.165, 1.54) is 18.6 Å². The van der Waals surface area contributed by atoms with Crippen LogP contribution in [0, 0.1) is 23.2 Å². The lowest BCUT2D eigenvalue weighted by Gasteiger charge is -2.64. The summed E-state index contributed by atoms with van der Waals surface area (Å²) in [5.74, 6) is 0.266. The molecular weight excluding hydrogens is 497 g/mol. The van der Waals surface area contributed by atoms with Gasteiger partial charge in [-0.3, -0.25) is 9.59 Å². The van der Waals surface area contributed by atoms with E-state index in [4.69, 9.17) is 44.1 Å². The molecule has 1 aliphatic heterocycles. The highest BCUT2D eigenvalue weighted by atomic mass is 35.5. The first kappa shape index (κ1) is 26.1. The van der Waals surface area contributed by atoms with Gasteiger partial charge in [-0.1, -0.05) is 62.5 Å². The van der Waals surface area contributed by atoms with Crippen LogP contribution in [-0.2, 0) is 14.1 Å². The number of carbonyl (C=O) groups is 2. The van der Waals surface area contributed by atoms with Crippen LogP contribution < -0.4 is 10.6 Å². The lowest BCUT2D eigenvalue weighted by molar-refractivity contribution is -0.199. The number of rotatable bonds is 7. The average molecular weight is 530 g/mol. The van der Waals surface area contributed by atoms with Crippen molar-refractivity contribution in [3.63, 3.8) is 0 Å². The maximum Gasteiger partial charge on any atom is 0.481 e. The summed E-state index contributed by atoms with van der Waals surface area (Å²) >= 11 is 18.0. The minimum absolute atomic E-state index is 0.0392. The Kier molecular flexibility index (Phi) is 7.27. The van der Waals surface area contributed by atoms with Crippen molar-refractivity contribution in [2.75, 3.05) is 6.54 Å². The number of carbonyl (C=O) groups excluding carboxylic acids is 2. The molecule has 3 saturated carbocycles. The third kappa shape index (κ3) is 4.71. The molecular formula is C24H32BCl3N2O4. The summed E-state index contributed by atoms with van der Waals surface area (Å²) in [6.07, 6.45) is 2.89. The van der Waals surface area contributed by atoms with Gasteiger partial charge in [0.05, 0.1) is 44.8 Å². The molecule has 4 aliphatic rings. The van der Waals surface area contributed by atoms with Crippen LogP contribution in [0.3, 0.4) is 0 Å². The molecule has 1 aromatic carbocycles. The Hall–Kier alpha value is -0.985. The van der Waals surface area contributed by atoms with Gasteiger partial charge in [-0.25, -0.2) is 0 Å². The summed E-state index contributed by atoms with van der Waals surface area (Å²) < 4.78 is 13.0. The number of amides is 2. The minimum Gasteiger partial charge on any atom is -0.404 e. The lowest BCUT2D eigenvalue weighted by Crippen LogP contribution is -2.65. The van der Waals surface area contributed by atoms with Crippen LogP contribution in [0.4, 0.5) is 0 Å². The fraction of sp³-hybridized carbons (Fsp3) is 0.667. The fourth-order valence-corrected chi connectivity index (χ4v) is 6.66. The molecule has 2 amide bonds. The Labute approximate surface area is 216 Å². The number of hydrogen-bond acceptors (Lipinski definition) is 4. The van der Waals surface area contributed by atoms with Crippen molar-refractivity contribution >= 4 is 53.7 Å². The number of benzene rings is 1. The summed E-state index contributed by atoms with van der Waals surface area (Å²) in [7, 11) is -0.517. The zero-order chi connectivity index (χ0) is 25.0. The maximum atomic E-state index is 12.8. The number of hydrogen-bond donors (Lipinski definition) is 2. The largest absolute Gasteiger partial charge is 0.481 e. The molecule has 5 rings (SSSR count). The van der Waals surface area contributed by atoms with Gasteiger partial charge in [0.2, 0.25) is 5.91 Å². The Balaban J connectivity index is 1.39. The van der Waals surface area contributed by atoms with Crippen molar-refractivity contribution in [2.24, 2.45) is 23.2 Å². The molecule has 1 heterocycles. The van der Waals surface area contributed by atoms with Crippen molar-refractivity contribution < 1.29 is 18.9 Å². The predicted octanol–water partition coefficient (Wildman–Crippen LogP) is 5.18. The molecule has 4 fully saturated rings. The Morgan fingerprint density at radius 1 is 1.12 bits per heavy atom. The van der Waals surface area contributed by atoms with Gasteiger partial charge in [0, 0.05) is 0 Å². The van der Waals surface area contributed by atoms with Crippen LogP contribution in [0.25, 0.3) is 0 Å². The van der Waals surface area contributed by atoms with E-state index in [-0.39, 0.29) is 56.1 Å². The van der Waals surface area contributed by atoms with Gasteiger partial charge in [0.25, 0.3) is 5.91 Å². The second-order valence-corrected chi connectivity index (χ2v) is 12.3. The highest BCUT2D eigenvalue weighted by Gasteiger charge is 2.68. The quantitative estimate of drug-likeness (QED) is 0.377. The van der Waals surface area contributed by atoms with Crippen LogP contribution in [0.15, 0.2) is 12.1 Å². The second kappa shape index (κ2) is 9.47. The van der Waals surface area contributed by atoms with Crippen LogP contribution in [0.1, 0.15) is 64.2 Å². The molecule has 2 N–H and O–H groups in total. The maximum absolute atomic E-state index is 12.8. The van der Waals surface area contributed by atoms with E-state index < -0.39 is 13.0 Å². The predicted molar refractivity (Wildman–Crippen MR) is 135 cm³/mol. The van der Waals surface area contributed by atoms with Crippen LogP contribution in [-0.4, -0.2) is 43.1 Å². The number of halogens is 3. The first-order valence-electron chi connectivity index (χ1n) is 11.9. The summed E-state index contributed by atoms with van der Waals surface area (Å²) in [6.45, 7) is 10.8. The van der Waals surface area contributed by atoms with Gasteiger partial charge in [-0.15, -0.1) is 0 Å². The van der Waals surface area contributed by atoms with Crippen LogP contribution >= 0.6 is 34.8 Å². The highest BCUT2D eigenvalue weighted by molar-refractivity contribution is 6.48. The van der Waals surface area contributed by atoms with E-state index in [0.717, 1.165) is 6.42 Å². The van der Waals surface area contributed by atoms with Crippen LogP contribution in [0.2, 0.25) is 15.1 Å². The van der Waals surface area contributed by atoms with Gasteiger partial charge in [0.1, 0.15) is 0 Å². The van der Waals surface area contributed by atoms with Gasteiger partial charge >= 0.3 is 7.12 Å². The monoisotopic (exact) mass is 528 g/mol. The Morgan fingerprint density at radius 3 is 2.44 bits per heavy atom. The van der Waals surface area contributed by atoms with Crippen molar-refractivity contribution in [1.82, 2.24) is 10.6 Å². The SMILES string of the molecule is CC(C)C[C@H](NC(=O)CNC(=O)c1cc(Cl)c(Cl)cc1Cl)B1O[C@@H]2C[C@@H]3C[C@@H](C3(C)C)[C@]2(C)O1. The minimum atomic E-state index is -0.517. The first-order chi connectivity index (χ1) is 15.8. The van der Waals surface area contributed by atoms with Gasteiger partial charge in [0.15, 0.2) is 0 Å². The summed E-state index contributed by atoms with van der Waals surface area (Å²) in [6, 6.07) is 2.79. The van der Waals surface area contributed by atoms with Gasteiger partial charge in [-0.2, -0.15) is 0 Å². The first-order valence-corrected chi connectivity index (χ1v) is 13.0. The van der Waals surface area contributed by atoms with E-state index in [1.807, 2.05) is 0 Å². The molecule has 1 saturated heterocycles. The zero-order valence-electron chi connectivity index (χ0n) is 20.2. The Bertz CT molecular complexity index is 991. The average Bonchev–Trinajstić information content (AvgIpc) is 3.10. The molecule has 0 unspecified atom stereocenters. The van der Waals surface area contributed by atoms with E-state index in [1.54, 1.807) is 0 Å². The highest BCUT2D eigenvalue weighted by Crippen LogP contribution is 2.65. The fourth-order valence-electron chi connectivity index (χ4n) is 6.03. The number of nitrogens with one attached hydrogen (secondary N) is 2. The molecule has 10 heteroatoms. The van der Waals surface area contributed by atoms with Crippen molar-refractivity contribution in [3.05, 3.63) is 32.8 Å². The van der Waals surface area contributed by atoms with Crippen molar-refractivity contribution in [2.45, 2.75) is 71.5 Å². The van der Waals surface area contributed by atoms with Crippen molar-refractivity contribution in [1.29, 1.82) is 0 Å². The second-order valence-electron chi connectivity index (χ2n) is 11.1. The molecule has 0 spiro atoms. The van der Waals surface area contributed by atoms with E-state index in [2.05, 4.69) is 45.3 Å². The molecule has 34 heavy (non-hydrogen) atoms. The zero-order valence-corrected chi connectivity index (χ0v) is 22.5. The smallest absolute Gasteiger partial charge is 0.404 e. The standard InChI is InChI=1S/C24H32BCl3N2O4/c1-12(2)6-20(25-33-19-8-13-7-18(23(13,3)4)24(19,5)34-25)30-21(31)11-29-22(32)14-9-16(27)17(28)10-15(14)26/h9-10,12-13,18-20H,6-8,11H2,1-5H3,(H,29,32)(H,30,31)/t13-,18-,19+,20-,24-/m0/s1. The van der Waals surface area contributed by atoms with E-state index in [9.17, 15) is 9.59 Å². The molecule has 1 aromatic rings. The summed E-state index contributed by atoms with van der Waals surface area (Å²) in [4.78, 5) is 25.3. The molecule has 186 valence electrons. The Morgan fingerprint density at radius 2 is 1.79 bits per heavy atom.